The minimum absolute atomic E-state index is 0.0844. The molecule has 1 fully saturated rings. The van der Waals surface area contributed by atoms with E-state index in [0.717, 1.165) is 0 Å². The number of hydrogen-bond acceptors (Lipinski definition) is 6. The lowest BCUT2D eigenvalue weighted by Crippen LogP contribution is -2.49. The summed E-state index contributed by atoms with van der Waals surface area (Å²) in [4.78, 5) is 13.3. The van der Waals surface area contributed by atoms with Gasteiger partial charge in [-0.25, -0.2) is 8.42 Å². The van der Waals surface area contributed by atoms with E-state index >= 15 is 0 Å². The number of ether oxygens (including phenoxy) is 2. The molecule has 23 heavy (non-hydrogen) atoms. The summed E-state index contributed by atoms with van der Waals surface area (Å²) in [5.74, 6) is 0.947. The molecule has 128 valence electrons. The molecule has 1 aromatic carbocycles. The Bertz CT molecular complexity index is 666. The molecule has 0 bridgehead atoms. The maximum Gasteiger partial charge on any atom is 0.243 e. The quantitative estimate of drug-likeness (QED) is 0.753. The van der Waals surface area contributed by atoms with Crippen molar-refractivity contribution in [2.24, 2.45) is 0 Å². The van der Waals surface area contributed by atoms with Crippen LogP contribution in [0.5, 0.6) is 11.5 Å². The van der Waals surface area contributed by atoms with Gasteiger partial charge in [0.2, 0.25) is 10.0 Å². The molecule has 0 radical (unpaired) electrons. The predicted octanol–water partition coefficient (Wildman–Crippen LogP) is 0.599. The summed E-state index contributed by atoms with van der Waals surface area (Å²) < 4.78 is 37.2. The Kier molecular flexibility index (Phi) is 5.61. The van der Waals surface area contributed by atoms with Crippen LogP contribution in [0.15, 0.2) is 23.1 Å². The molecule has 0 unspecified atom stereocenters. The second kappa shape index (κ2) is 7.29. The minimum atomic E-state index is -3.59. The summed E-state index contributed by atoms with van der Waals surface area (Å²) in [5, 5.41) is 0. The van der Waals surface area contributed by atoms with Crippen LogP contribution in [0, 0.1) is 0 Å². The van der Waals surface area contributed by atoms with Gasteiger partial charge in [-0.15, -0.1) is 0 Å². The van der Waals surface area contributed by atoms with Crippen LogP contribution < -0.4 is 9.47 Å². The second-order valence-electron chi connectivity index (χ2n) is 5.40. The predicted molar refractivity (Wildman–Crippen MR) is 85.4 cm³/mol. The van der Waals surface area contributed by atoms with Gasteiger partial charge in [-0.05, 0) is 19.1 Å². The van der Waals surface area contributed by atoms with Crippen LogP contribution in [0.2, 0.25) is 0 Å². The molecule has 7 nitrogen and oxygen atoms in total. The van der Waals surface area contributed by atoms with E-state index in [9.17, 15) is 13.2 Å². The van der Waals surface area contributed by atoms with E-state index in [0.29, 0.717) is 44.2 Å². The van der Waals surface area contributed by atoms with E-state index in [2.05, 4.69) is 0 Å². The van der Waals surface area contributed by atoms with Crippen molar-refractivity contribution in [2.45, 2.75) is 11.8 Å². The normalized spacial score (nSPS) is 17.0. The van der Waals surface area contributed by atoms with Crippen molar-refractivity contribution in [3.05, 3.63) is 18.2 Å². The zero-order chi connectivity index (χ0) is 17.0. The average molecular weight is 342 g/mol. The highest BCUT2D eigenvalue weighted by molar-refractivity contribution is 7.89. The highest BCUT2D eigenvalue weighted by Gasteiger charge is 2.29. The lowest BCUT2D eigenvalue weighted by Gasteiger charge is -2.33. The Morgan fingerprint density at radius 3 is 2.22 bits per heavy atom. The first kappa shape index (κ1) is 17.7. The van der Waals surface area contributed by atoms with Gasteiger partial charge in [-0.3, -0.25) is 9.69 Å². The molecule has 1 saturated heterocycles. The number of Topliss-reactive ketones (excluding diaryl/α,β-unsaturated/α-hetero) is 1. The minimum Gasteiger partial charge on any atom is -0.493 e. The van der Waals surface area contributed by atoms with Crippen LogP contribution >= 0.6 is 0 Å². The van der Waals surface area contributed by atoms with Crippen molar-refractivity contribution in [1.82, 2.24) is 9.21 Å². The fourth-order valence-corrected chi connectivity index (χ4v) is 4.01. The fraction of sp³-hybridized carbons (Fsp3) is 0.533. The summed E-state index contributed by atoms with van der Waals surface area (Å²) in [6.45, 7) is 3.73. The highest BCUT2D eigenvalue weighted by Crippen LogP contribution is 2.30. The van der Waals surface area contributed by atoms with Crippen LogP contribution in [0.25, 0.3) is 0 Å². The van der Waals surface area contributed by atoms with Crippen molar-refractivity contribution in [3.8, 4) is 11.5 Å². The number of carbonyl (C=O) groups excluding carboxylic acids is 1. The van der Waals surface area contributed by atoms with E-state index in [4.69, 9.17) is 9.47 Å². The van der Waals surface area contributed by atoms with E-state index in [1.54, 1.807) is 6.07 Å². The number of sulfonamides is 1. The number of benzene rings is 1. The zero-order valence-electron chi connectivity index (χ0n) is 13.6. The van der Waals surface area contributed by atoms with Gasteiger partial charge in [0, 0.05) is 32.2 Å². The van der Waals surface area contributed by atoms with Gasteiger partial charge in [-0.1, -0.05) is 0 Å². The molecule has 0 spiro atoms. The molecular formula is C15H22N2O5S. The van der Waals surface area contributed by atoms with Crippen molar-refractivity contribution in [3.63, 3.8) is 0 Å². The van der Waals surface area contributed by atoms with E-state index in [1.165, 1.54) is 37.6 Å². The maximum atomic E-state index is 12.7. The Morgan fingerprint density at radius 1 is 1.09 bits per heavy atom. The number of piperazine rings is 1. The van der Waals surface area contributed by atoms with E-state index in [-0.39, 0.29) is 10.7 Å². The summed E-state index contributed by atoms with van der Waals surface area (Å²) in [6.07, 6.45) is 0. The summed E-state index contributed by atoms with van der Waals surface area (Å²) in [7, 11) is -0.618. The van der Waals surface area contributed by atoms with Crippen LogP contribution in [0.3, 0.4) is 0 Å². The fourth-order valence-electron chi connectivity index (χ4n) is 2.57. The molecule has 0 aromatic heterocycles. The molecular weight excluding hydrogens is 320 g/mol. The molecule has 0 atom stereocenters. The zero-order valence-corrected chi connectivity index (χ0v) is 14.4. The number of carbonyl (C=O) groups is 1. The van der Waals surface area contributed by atoms with Crippen molar-refractivity contribution >= 4 is 15.8 Å². The molecule has 1 aliphatic rings. The third-order valence-electron chi connectivity index (χ3n) is 3.77. The monoisotopic (exact) mass is 342 g/mol. The lowest BCUT2D eigenvalue weighted by molar-refractivity contribution is -0.118. The smallest absolute Gasteiger partial charge is 0.243 e. The summed E-state index contributed by atoms with van der Waals surface area (Å²) in [6, 6.07) is 4.56. The largest absolute Gasteiger partial charge is 0.493 e. The van der Waals surface area contributed by atoms with Gasteiger partial charge in [0.15, 0.2) is 11.5 Å². The summed E-state index contributed by atoms with van der Waals surface area (Å²) >= 11 is 0. The SMILES string of the molecule is COc1ccc(S(=O)(=O)N2CCN(CC(C)=O)CC2)cc1OC. The molecule has 1 aliphatic heterocycles. The van der Waals surface area contributed by atoms with Gasteiger partial charge in [0.05, 0.1) is 25.7 Å². The molecule has 0 amide bonds. The second-order valence-corrected chi connectivity index (χ2v) is 7.34. The third kappa shape index (κ3) is 4.01. The van der Waals surface area contributed by atoms with Crippen LogP contribution in [0.4, 0.5) is 0 Å². The number of methoxy groups -OCH3 is 2. The van der Waals surface area contributed by atoms with Gasteiger partial charge in [-0.2, -0.15) is 4.31 Å². The van der Waals surface area contributed by atoms with Gasteiger partial charge in [0.25, 0.3) is 0 Å². The van der Waals surface area contributed by atoms with Crippen molar-refractivity contribution in [1.29, 1.82) is 0 Å². The number of ketones is 1. The van der Waals surface area contributed by atoms with Gasteiger partial charge in [0.1, 0.15) is 5.78 Å². The third-order valence-corrected chi connectivity index (χ3v) is 5.66. The molecule has 8 heteroatoms. The lowest BCUT2D eigenvalue weighted by atomic mass is 10.3. The summed E-state index contributed by atoms with van der Waals surface area (Å²) in [5.41, 5.74) is 0. The Labute approximate surface area is 136 Å². The number of rotatable bonds is 6. The van der Waals surface area contributed by atoms with Gasteiger partial charge < -0.3 is 9.47 Å². The molecule has 2 rings (SSSR count). The highest BCUT2D eigenvalue weighted by atomic mass is 32.2. The molecule has 0 saturated carbocycles. The Hall–Kier alpha value is -1.64. The van der Waals surface area contributed by atoms with E-state index in [1.807, 2.05) is 4.90 Å². The Balaban J connectivity index is 2.15. The molecule has 0 aliphatic carbocycles. The average Bonchev–Trinajstić information content (AvgIpc) is 2.54. The van der Waals surface area contributed by atoms with Crippen molar-refractivity contribution in [2.75, 3.05) is 46.9 Å². The van der Waals surface area contributed by atoms with Crippen molar-refractivity contribution < 1.29 is 22.7 Å². The topological polar surface area (TPSA) is 76.2 Å². The van der Waals surface area contributed by atoms with Gasteiger partial charge >= 0.3 is 0 Å². The number of nitrogens with zero attached hydrogens (tertiary/aromatic N) is 2. The van der Waals surface area contributed by atoms with E-state index < -0.39 is 10.0 Å². The standard InChI is InChI=1S/C15H22N2O5S/c1-12(18)11-16-6-8-17(9-7-16)23(19,20)13-4-5-14(21-2)15(10-13)22-3/h4-5,10H,6-9,11H2,1-3H3. The number of hydrogen-bond donors (Lipinski definition) is 0. The Morgan fingerprint density at radius 2 is 1.70 bits per heavy atom. The first-order valence-electron chi connectivity index (χ1n) is 7.32. The first-order valence-corrected chi connectivity index (χ1v) is 8.76. The molecule has 1 aromatic rings. The van der Waals surface area contributed by atoms with Crippen LogP contribution in [-0.4, -0.2) is 70.3 Å². The first-order chi connectivity index (χ1) is 10.9. The molecule has 1 heterocycles. The molecule has 0 N–H and O–H groups in total. The van der Waals surface area contributed by atoms with Crippen LogP contribution in [0.1, 0.15) is 6.92 Å². The van der Waals surface area contributed by atoms with Crippen LogP contribution in [-0.2, 0) is 14.8 Å². The maximum absolute atomic E-state index is 12.7.